The number of pyridine rings is 1. The first-order chi connectivity index (χ1) is 7.81. The lowest BCUT2D eigenvalue weighted by molar-refractivity contribution is 0.321. The van der Waals surface area contributed by atoms with Crippen molar-refractivity contribution in [2.45, 2.75) is 45.6 Å². The second-order valence-electron chi connectivity index (χ2n) is 4.21. The van der Waals surface area contributed by atoms with E-state index in [1.54, 1.807) is 0 Å². The summed E-state index contributed by atoms with van der Waals surface area (Å²) in [6, 6.07) is 6.45. The number of aryl methyl sites for hydroxylation is 1. The van der Waals surface area contributed by atoms with Gasteiger partial charge >= 0.3 is 0 Å². The van der Waals surface area contributed by atoms with Gasteiger partial charge < -0.3 is 0 Å². The van der Waals surface area contributed by atoms with Gasteiger partial charge in [0.15, 0.2) is 0 Å². The molecule has 1 aromatic heterocycles. The van der Waals surface area contributed by atoms with E-state index in [9.17, 15) is 0 Å². The van der Waals surface area contributed by atoms with Crippen LogP contribution < -0.4 is 11.3 Å². The molecule has 1 heterocycles. The number of hydrogen-bond donors (Lipinski definition) is 2. The summed E-state index contributed by atoms with van der Waals surface area (Å²) < 4.78 is 0. The molecule has 16 heavy (non-hydrogen) atoms. The number of aromatic nitrogens is 1. The van der Waals surface area contributed by atoms with Crippen LogP contribution in [0.15, 0.2) is 24.4 Å². The lowest BCUT2D eigenvalue weighted by atomic mass is 9.91. The van der Waals surface area contributed by atoms with Gasteiger partial charge in [-0.3, -0.25) is 16.3 Å². The zero-order valence-electron chi connectivity index (χ0n) is 10.3. The maximum absolute atomic E-state index is 5.62. The van der Waals surface area contributed by atoms with Crippen molar-refractivity contribution in [3.05, 3.63) is 30.1 Å². The van der Waals surface area contributed by atoms with E-state index >= 15 is 0 Å². The van der Waals surface area contributed by atoms with E-state index in [-0.39, 0.29) is 0 Å². The van der Waals surface area contributed by atoms with Gasteiger partial charge in [-0.2, -0.15) is 0 Å². The number of hydrogen-bond acceptors (Lipinski definition) is 3. The van der Waals surface area contributed by atoms with E-state index in [0.717, 1.165) is 18.5 Å². The maximum atomic E-state index is 5.62. The molecule has 0 bridgehead atoms. The topological polar surface area (TPSA) is 50.9 Å². The Morgan fingerprint density at radius 2 is 2.06 bits per heavy atom. The molecule has 1 rings (SSSR count). The van der Waals surface area contributed by atoms with Gasteiger partial charge in [-0.05, 0) is 30.9 Å². The van der Waals surface area contributed by atoms with Crippen molar-refractivity contribution in [1.29, 1.82) is 0 Å². The molecular weight excluding hydrogens is 198 g/mol. The van der Waals surface area contributed by atoms with Gasteiger partial charge in [0, 0.05) is 17.9 Å². The summed E-state index contributed by atoms with van der Waals surface area (Å²) >= 11 is 0. The molecule has 1 aromatic rings. The summed E-state index contributed by atoms with van der Waals surface area (Å²) in [6.07, 6.45) is 6.24. The molecule has 90 valence electrons. The summed E-state index contributed by atoms with van der Waals surface area (Å²) in [5, 5.41) is 0. The molecule has 0 radical (unpaired) electrons. The quantitative estimate of drug-likeness (QED) is 0.548. The summed E-state index contributed by atoms with van der Waals surface area (Å²) in [5.41, 5.74) is 4.09. The third-order valence-electron chi connectivity index (χ3n) is 3.27. The maximum Gasteiger partial charge on any atom is 0.0404 e. The largest absolute Gasteiger partial charge is 0.271 e. The minimum absolute atomic E-state index is 0.400. The number of nitrogens with one attached hydrogen (secondary N) is 1. The van der Waals surface area contributed by atoms with Crippen LogP contribution in [0.3, 0.4) is 0 Å². The molecule has 0 saturated carbocycles. The Morgan fingerprint density at radius 3 is 2.56 bits per heavy atom. The Kier molecular flexibility index (Phi) is 6.04. The molecule has 0 amide bonds. The third-order valence-corrected chi connectivity index (χ3v) is 3.27. The Bertz CT molecular complexity index is 270. The highest BCUT2D eigenvalue weighted by atomic mass is 15.2. The summed E-state index contributed by atoms with van der Waals surface area (Å²) in [6.45, 7) is 4.44. The molecule has 1 unspecified atom stereocenters. The molecule has 3 N–H and O–H groups in total. The first-order valence-corrected chi connectivity index (χ1v) is 6.17. The van der Waals surface area contributed by atoms with Crippen molar-refractivity contribution >= 4 is 0 Å². The van der Waals surface area contributed by atoms with Crippen molar-refractivity contribution in [2.75, 3.05) is 0 Å². The molecule has 0 aliphatic rings. The van der Waals surface area contributed by atoms with Crippen molar-refractivity contribution < 1.29 is 0 Å². The van der Waals surface area contributed by atoms with Gasteiger partial charge in [0.05, 0.1) is 0 Å². The normalized spacial score (nSPS) is 13.0. The SMILES string of the molecule is CCC(CC)C(CCc1ccccn1)NN. The van der Waals surface area contributed by atoms with Crippen molar-refractivity contribution in [1.82, 2.24) is 10.4 Å². The van der Waals surface area contributed by atoms with Gasteiger partial charge in [0.25, 0.3) is 0 Å². The summed E-state index contributed by atoms with van der Waals surface area (Å²) in [4.78, 5) is 4.33. The van der Waals surface area contributed by atoms with Crippen molar-refractivity contribution in [3.63, 3.8) is 0 Å². The molecule has 3 nitrogen and oxygen atoms in total. The van der Waals surface area contributed by atoms with E-state index < -0.39 is 0 Å². The highest BCUT2D eigenvalue weighted by molar-refractivity contribution is 5.03. The molecule has 0 fully saturated rings. The molecule has 0 saturated heterocycles. The van der Waals surface area contributed by atoms with E-state index in [2.05, 4.69) is 30.3 Å². The van der Waals surface area contributed by atoms with Crippen LogP contribution in [-0.2, 0) is 6.42 Å². The van der Waals surface area contributed by atoms with Crippen LogP contribution in [0.4, 0.5) is 0 Å². The molecule has 3 heteroatoms. The van der Waals surface area contributed by atoms with Gasteiger partial charge in [-0.15, -0.1) is 0 Å². The average Bonchev–Trinajstić information content (AvgIpc) is 2.35. The molecule has 0 aromatic carbocycles. The lowest BCUT2D eigenvalue weighted by Crippen LogP contribution is -2.41. The Hall–Kier alpha value is -0.930. The smallest absolute Gasteiger partial charge is 0.0404 e. The van der Waals surface area contributed by atoms with Crippen LogP contribution in [-0.4, -0.2) is 11.0 Å². The number of nitrogens with zero attached hydrogens (tertiary/aromatic N) is 1. The first kappa shape index (κ1) is 13.1. The Balaban J connectivity index is 2.45. The Labute approximate surface area is 98.4 Å². The molecule has 0 spiro atoms. The molecule has 0 aliphatic heterocycles. The van der Waals surface area contributed by atoms with Gasteiger partial charge in [0.1, 0.15) is 0 Å². The van der Waals surface area contributed by atoms with Crippen molar-refractivity contribution in [3.8, 4) is 0 Å². The standard InChI is InChI=1S/C13H23N3/c1-3-11(4-2)13(16-14)9-8-12-7-5-6-10-15-12/h5-7,10-11,13,16H,3-4,8-9,14H2,1-2H3. The Morgan fingerprint density at radius 1 is 1.31 bits per heavy atom. The second kappa shape index (κ2) is 7.36. The van der Waals surface area contributed by atoms with Crippen LogP contribution in [0.25, 0.3) is 0 Å². The van der Waals surface area contributed by atoms with Gasteiger partial charge in [-0.1, -0.05) is 32.8 Å². The highest BCUT2D eigenvalue weighted by Gasteiger charge is 2.16. The van der Waals surface area contributed by atoms with Crippen LogP contribution >= 0.6 is 0 Å². The second-order valence-corrected chi connectivity index (χ2v) is 4.21. The summed E-state index contributed by atoms with van der Waals surface area (Å²) in [7, 11) is 0. The number of nitrogens with two attached hydrogens (primary N) is 1. The van der Waals surface area contributed by atoms with E-state index in [0.29, 0.717) is 12.0 Å². The third kappa shape index (κ3) is 3.91. The van der Waals surface area contributed by atoms with Crippen LogP contribution in [0.2, 0.25) is 0 Å². The van der Waals surface area contributed by atoms with Crippen LogP contribution in [0.1, 0.15) is 38.8 Å². The minimum Gasteiger partial charge on any atom is -0.271 e. The zero-order chi connectivity index (χ0) is 11.8. The van der Waals surface area contributed by atoms with E-state index in [4.69, 9.17) is 5.84 Å². The number of hydrazine groups is 1. The fourth-order valence-corrected chi connectivity index (χ4v) is 2.16. The zero-order valence-corrected chi connectivity index (χ0v) is 10.3. The fraction of sp³-hybridized carbons (Fsp3) is 0.615. The average molecular weight is 221 g/mol. The molecular formula is C13H23N3. The molecule has 1 atom stereocenters. The van der Waals surface area contributed by atoms with Gasteiger partial charge in [0.2, 0.25) is 0 Å². The van der Waals surface area contributed by atoms with E-state index in [1.807, 2.05) is 18.3 Å². The van der Waals surface area contributed by atoms with Crippen LogP contribution in [0, 0.1) is 5.92 Å². The predicted octanol–water partition coefficient (Wildman–Crippen LogP) is 2.28. The minimum atomic E-state index is 0.400. The highest BCUT2D eigenvalue weighted by Crippen LogP contribution is 2.16. The first-order valence-electron chi connectivity index (χ1n) is 6.17. The fourth-order valence-electron chi connectivity index (χ4n) is 2.16. The molecule has 0 aliphatic carbocycles. The van der Waals surface area contributed by atoms with Crippen LogP contribution in [0.5, 0.6) is 0 Å². The summed E-state index contributed by atoms with van der Waals surface area (Å²) in [5.74, 6) is 6.28. The van der Waals surface area contributed by atoms with E-state index in [1.165, 1.54) is 12.8 Å². The van der Waals surface area contributed by atoms with Gasteiger partial charge in [-0.25, -0.2) is 0 Å². The predicted molar refractivity (Wildman–Crippen MR) is 67.7 cm³/mol. The monoisotopic (exact) mass is 221 g/mol. The lowest BCUT2D eigenvalue weighted by Gasteiger charge is -2.24. The van der Waals surface area contributed by atoms with Crippen molar-refractivity contribution in [2.24, 2.45) is 11.8 Å². The number of rotatable bonds is 7.